The molecular formula is C13H20N2O4S. The average molecular weight is 300 g/mol. The van der Waals surface area contributed by atoms with Crippen molar-refractivity contribution >= 4 is 15.7 Å². The molecule has 0 radical (unpaired) electrons. The third kappa shape index (κ3) is 3.69. The predicted molar refractivity (Wildman–Crippen MR) is 76.0 cm³/mol. The summed E-state index contributed by atoms with van der Waals surface area (Å²) < 4.78 is 26.6. The fourth-order valence-corrected chi connectivity index (χ4v) is 2.99. The lowest BCUT2D eigenvalue weighted by Gasteiger charge is -2.27. The van der Waals surface area contributed by atoms with Gasteiger partial charge < -0.3 is 15.5 Å². The first-order valence-electron chi connectivity index (χ1n) is 6.51. The van der Waals surface area contributed by atoms with Gasteiger partial charge in [-0.05, 0) is 44.0 Å². The summed E-state index contributed by atoms with van der Waals surface area (Å²) in [5.41, 5.74) is -0.201. The minimum absolute atomic E-state index is 0.0740. The summed E-state index contributed by atoms with van der Waals surface area (Å²) in [5, 5.41) is 21.4. The smallest absolute Gasteiger partial charge is 0.240 e. The Bertz CT molecular complexity index is 548. The van der Waals surface area contributed by atoms with Crippen LogP contribution in [0.2, 0.25) is 0 Å². The van der Waals surface area contributed by atoms with Crippen LogP contribution in [0.1, 0.15) is 19.8 Å². The Kier molecular flexibility index (Phi) is 4.33. The second-order valence-corrected chi connectivity index (χ2v) is 7.14. The van der Waals surface area contributed by atoms with Crippen molar-refractivity contribution in [3.8, 4) is 0 Å². The van der Waals surface area contributed by atoms with Gasteiger partial charge in [-0.25, -0.2) is 13.1 Å². The number of sulfonamides is 1. The van der Waals surface area contributed by atoms with Crippen molar-refractivity contribution in [3.05, 3.63) is 24.3 Å². The van der Waals surface area contributed by atoms with Gasteiger partial charge in [0.15, 0.2) is 0 Å². The Morgan fingerprint density at radius 2 is 1.75 bits per heavy atom. The van der Waals surface area contributed by atoms with E-state index in [4.69, 9.17) is 0 Å². The van der Waals surface area contributed by atoms with Crippen molar-refractivity contribution in [2.45, 2.75) is 36.2 Å². The van der Waals surface area contributed by atoms with E-state index in [1.807, 2.05) is 0 Å². The van der Waals surface area contributed by atoms with Gasteiger partial charge in [-0.1, -0.05) is 0 Å². The molecule has 0 aliphatic heterocycles. The largest absolute Gasteiger partial charge is 0.394 e. The summed E-state index contributed by atoms with van der Waals surface area (Å²) in [4.78, 5) is 0.213. The standard InChI is InChI=1S/C13H20N2O4S/c1-13(8-16,9-17)14-10-4-6-12(7-5-10)20(18,19)15-11-2-3-11/h4-7,11,14-17H,2-3,8-9H2,1H3. The van der Waals surface area contributed by atoms with Crippen molar-refractivity contribution in [1.29, 1.82) is 0 Å². The molecule has 0 unspecified atom stereocenters. The van der Waals surface area contributed by atoms with E-state index in [0.29, 0.717) is 5.69 Å². The van der Waals surface area contributed by atoms with E-state index in [2.05, 4.69) is 10.0 Å². The maximum absolute atomic E-state index is 12.0. The van der Waals surface area contributed by atoms with E-state index in [-0.39, 0.29) is 24.2 Å². The Morgan fingerprint density at radius 3 is 2.20 bits per heavy atom. The zero-order chi connectivity index (χ0) is 14.8. The molecule has 0 heterocycles. The van der Waals surface area contributed by atoms with Gasteiger partial charge >= 0.3 is 0 Å². The van der Waals surface area contributed by atoms with Crippen LogP contribution < -0.4 is 10.0 Å². The number of hydrogen-bond acceptors (Lipinski definition) is 5. The van der Waals surface area contributed by atoms with E-state index in [9.17, 15) is 18.6 Å². The second-order valence-electron chi connectivity index (χ2n) is 5.42. The van der Waals surface area contributed by atoms with E-state index in [1.54, 1.807) is 19.1 Å². The molecule has 0 bridgehead atoms. The number of anilines is 1. The van der Waals surface area contributed by atoms with Gasteiger partial charge in [0.1, 0.15) is 0 Å². The topological polar surface area (TPSA) is 98.7 Å². The summed E-state index contributed by atoms with van der Waals surface area (Å²) in [6.07, 6.45) is 1.79. The van der Waals surface area contributed by atoms with Crippen molar-refractivity contribution in [3.63, 3.8) is 0 Å². The first kappa shape index (κ1) is 15.2. The van der Waals surface area contributed by atoms with Gasteiger partial charge in [-0.15, -0.1) is 0 Å². The van der Waals surface area contributed by atoms with Crippen LogP contribution in [0, 0.1) is 0 Å². The SMILES string of the molecule is CC(CO)(CO)Nc1ccc(S(=O)(=O)NC2CC2)cc1. The van der Waals surface area contributed by atoms with Crippen LogP contribution in [0.5, 0.6) is 0 Å². The first-order valence-corrected chi connectivity index (χ1v) is 7.99. The van der Waals surface area contributed by atoms with Crippen molar-refractivity contribution in [2.75, 3.05) is 18.5 Å². The third-order valence-electron chi connectivity index (χ3n) is 3.21. The fraction of sp³-hybridized carbons (Fsp3) is 0.538. The second kappa shape index (κ2) is 5.69. The summed E-state index contributed by atoms with van der Waals surface area (Å²) in [6, 6.07) is 6.31. The van der Waals surface area contributed by atoms with Crippen LogP contribution in [0.15, 0.2) is 29.2 Å². The van der Waals surface area contributed by atoms with Gasteiger partial charge in [-0.2, -0.15) is 0 Å². The highest BCUT2D eigenvalue weighted by Gasteiger charge is 2.28. The molecule has 20 heavy (non-hydrogen) atoms. The van der Waals surface area contributed by atoms with Crippen LogP contribution >= 0.6 is 0 Å². The molecule has 2 rings (SSSR count). The molecule has 4 N–H and O–H groups in total. The highest BCUT2D eigenvalue weighted by Crippen LogP contribution is 2.23. The summed E-state index contributed by atoms with van der Waals surface area (Å²) in [5.74, 6) is 0. The van der Waals surface area contributed by atoms with Crippen LogP contribution in [-0.2, 0) is 10.0 Å². The Hall–Kier alpha value is -1.15. The summed E-state index contributed by atoms with van der Waals surface area (Å²) in [7, 11) is -3.45. The van der Waals surface area contributed by atoms with Crippen molar-refractivity contribution in [2.24, 2.45) is 0 Å². The maximum Gasteiger partial charge on any atom is 0.240 e. The zero-order valence-electron chi connectivity index (χ0n) is 11.3. The number of rotatable bonds is 7. The molecule has 0 atom stereocenters. The lowest BCUT2D eigenvalue weighted by atomic mass is 10.1. The first-order chi connectivity index (χ1) is 9.38. The van der Waals surface area contributed by atoms with Crippen LogP contribution in [-0.4, -0.2) is 43.4 Å². The summed E-state index contributed by atoms with van der Waals surface area (Å²) >= 11 is 0. The molecule has 112 valence electrons. The zero-order valence-corrected chi connectivity index (χ0v) is 12.2. The lowest BCUT2D eigenvalue weighted by molar-refractivity contribution is 0.147. The maximum atomic E-state index is 12.0. The van der Waals surface area contributed by atoms with Crippen molar-refractivity contribution < 1.29 is 18.6 Å². The van der Waals surface area contributed by atoms with E-state index in [1.165, 1.54) is 12.1 Å². The normalized spacial score (nSPS) is 16.1. The van der Waals surface area contributed by atoms with E-state index in [0.717, 1.165) is 12.8 Å². The molecule has 0 amide bonds. The molecule has 0 aromatic heterocycles. The molecule has 6 nitrogen and oxygen atoms in total. The lowest BCUT2D eigenvalue weighted by Crippen LogP contribution is -2.42. The number of aliphatic hydroxyl groups is 2. The van der Waals surface area contributed by atoms with Gasteiger partial charge in [0.2, 0.25) is 10.0 Å². The molecule has 1 fully saturated rings. The number of nitrogens with one attached hydrogen (secondary N) is 2. The predicted octanol–water partition coefficient (Wildman–Crippen LogP) is 0.282. The Balaban J connectivity index is 2.09. The molecule has 1 saturated carbocycles. The minimum atomic E-state index is -3.45. The average Bonchev–Trinajstić information content (AvgIpc) is 3.22. The molecule has 1 aliphatic carbocycles. The minimum Gasteiger partial charge on any atom is -0.394 e. The monoisotopic (exact) mass is 300 g/mol. The summed E-state index contributed by atoms with van der Waals surface area (Å²) in [6.45, 7) is 1.21. The number of benzene rings is 1. The quantitative estimate of drug-likeness (QED) is 0.580. The highest BCUT2D eigenvalue weighted by molar-refractivity contribution is 7.89. The van der Waals surface area contributed by atoms with E-state index >= 15 is 0 Å². The van der Waals surface area contributed by atoms with Gasteiger partial charge in [0.05, 0.1) is 23.6 Å². The molecule has 1 aromatic carbocycles. The third-order valence-corrected chi connectivity index (χ3v) is 4.74. The Morgan fingerprint density at radius 1 is 1.20 bits per heavy atom. The number of hydrogen-bond donors (Lipinski definition) is 4. The van der Waals surface area contributed by atoms with Gasteiger partial charge in [0.25, 0.3) is 0 Å². The molecule has 1 aliphatic rings. The van der Waals surface area contributed by atoms with Crippen LogP contribution in [0.4, 0.5) is 5.69 Å². The number of aliphatic hydroxyl groups excluding tert-OH is 2. The van der Waals surface area contributed by atoms with E-state index < -0.39 is 15.6 Å². The van der Waals surface area contributed by atoms with Gasteiger partial charge in [0, 0.05) is 11.7 Å². The van der Waals surface area contributed by atoms with Crippen molar-refractivity contribution in [1.82, 2.24) is 4.72 Å². The van der Waals surface area contributed by atoms with Crippen LogP contribution in [0.25, 0.3) is 0 Å². The van der Waals surface area contributed by atoms with Crippen LogP contribution in [0.3, 0.4) is 0 Å². The molecular weight excluding hydrogens is 280 g/mol. The Labute approximate surface area is 118 Å². The molecule has 0 saturated heterocycles. The molecule has 1 aromatic rings. The fourth-order valence-electron chi connectivity index (χ4n) is 1.68. The van der Waals surface area contributed by atoms with Gasteiger partial charge in [-0.3, -0.25) is 0 Å². The molecule has 0 spiro atoms. The molecule has 7 heteroatoms. The highest BCUT2D eigenvalue weighted by atomic mass is 32.2.